The van der Waals surface area contributed by atoms with E-state index in [0.29, 0.717) is 0 Å². The molecule has 0 saturated carbocycles. The highest BCUT2D eigenvalue weighted by Gasteiger charge is 2.06. The van der Waals surface area contributed by atoms with Gasteiger partial charge in [-0.05, 0) is 33.4 Å². The molecule has 1 rings (SSSR count). The summed E-state index contributed by atoms with van der Waals surface area (Å²) in [4.78, 5) is 0. The van der Waals surface area contributed by atoms with Crippen LogP contribution in [-0.2, 0) is 13.0 Å². The molecule has 0 aliphatic rings. The van der Waals surface area contributed by atoms with Crippen molar-refractivity contribution in [3.05, 3.63) is 16.9 Å². The lowest BCUT2D eigenvalue weighted by atomic mass is 10.2. The molecule has 0 radical (unpaired) electrons. The molecule has 1 heterocycles. The van der Waals surface area contributed by atoms with Gasteiger partial charge in [0.15, 0.2) is 0 Å². The minimum Gasteiger partial charge on any atom is -0.320 e. The Labute approximate surface area is 84.1 Å². The fourth-order valence-electron chi connectivity index (χ4n) is 1.34. The van der Waals surface area contributed by atoms with Crippen molar-refractivity contribution in [3.63, 3.8) is 0 Å². The Balaban J connectivity index is 2.57. The maximum atomic E-state index is 6.00. The van der Waals surface area contributed by atoms with E-state index in [2.05, 4.69) is 17.3 Å². The van der Waals surface area contributed by atoms with E-state index < -0.39 is 0 Å². The first-order valence-corrected chi connectivity index (χ1v) is 5.02. The van der Waals surface area contributed by atoms with Crippen molar-refractivity contribution in [2.24, 2.45) is 0 Å². The number of hydrogen-bond donors (Lipinski definition) is 1. The molecular formula is C9H16ClN3. The van der Waals surface area contributed by atoms with Crippen molar-refractivity contribution in [2.75, 3.05) is 13.6 Å². The van der Waals surface area contributed by atoms with Crippen LogP contribution < -0.4 is 5.32 Å². The molecule has 3 nitrogen and oxygen atoms in total. The quantitative estimate of drug-likeness (QED) is 0.736. The molecule has 0 amide bonds. The molecule has 0 spiro atoms. The summed E-state index contributed by atoms with van der Waals surface area (Å²) < 4.78 is 1.96. The van der Waals surface area contributed by atoms with Crippen molar-refractivity contribution in [2.45, 2.75) is 26.3 Å². The zero-order valence-electron chi connectivity index (χ0n) is 8.18. The van der Waals surface area contributed by atoms with Crippen LogP contribution in [0.2, 0.25) is 5.02 Å². The van der Waals surface area contributed by atoms with E-state index in [1.165, 1.54) is 0 Å². The standard InChI is InChI=1S/C9H16ClN3/c1-3-13-9(5-4-6-11-2)8(10)7-12-13/h7,11H,3-6H2,1-2H3. The summed E-state index contributed by atoms with van der Waals surface area (Å²) in [6.07, 6.45) is 3.81. The summed E-state index contributed by atoms with van der Waals surface area (Å²) in [5, 5.41) is 8.08. The summed E-state index contributed by atoms with van der Waals surface area (Å²) >= 11 is 6.00. The molecule has 0 atom stereocenters. The predicted molar refractivity (Wildman–Crippen MR) is 55.2 cm³/mol. The van der Waals surface area contributed by atoms with Gasteiger partial charge in [0, 0.05) is 6.54 Å². The second-order valence-electron chi connectivity index (χ2n) is 2.96. The van der Waals surface area contributed by atoms with E-state index in [1.807, 2.05) is 11.7 Å². The molecule has 1 aromatic heterocycles. The fourth-order valence-corrected chi connectivity index (χ4v) is 1.58. The van der Waals surface area contributed by atoms with E-state index in [0.717, 1.165) is 36.6 Å². The van der Waals surface area contributed by atoms with Crippen LogP contribution in [0.25, 0.3) is 0 Å². The fraction of sp³-hybridized carbons (Fsp3) is 0.667. The normalized spacial score (nSPS) is 10.7. The second-order valence-corrected chi connectivity index (χ2v) is 3.37. The van der Waals surface area contributed by atoms with Gasteiger partial charge in [0.1, 0.15) is 0 Å². The Morgan fingerprint density at radius 2 is 2.38 bits per heavy atom. The van der Waals surface area contributed by atoms with E-state index in [-0.39, 0.29) is 0 Å². The van der Waals surface area contributed by atoms with Gasteiger partial charge < -0.3 is 5.32 Å². The van der Waals surface area contributed by atoms with Gasteiger partial charge in [-0.1, -0.05) is 11.6 Å². The average molecular weight is 202 g/mol. The van der Waals surface area contributed by atoms with Gasteiger partial charge in [0.05, 0.1) is 16.9 Å². The van der Waals surface area contributed by atoms with Gasteiger partial charge in [0.2, 0.25) is 0 Å². The Morgan fingerprint density at radius 1 is 1.62 bits per heavy atom. The third-order valence-electron chi connectivity index (χ3n) is 2.04. The van der Waals surface area contributed by atoms with Crippen molar-refractivity contribution in [1.82, 2.24) is 15.1 Å². The number of hydrogen-bond acceptors (Lipinski definition) is 2. The number of rotatable bonds is 5. The molecule has 1 N–H and O–H groups in total. The van der Waals surface area contributed by atoms with E-state index in [4.69, 9.17) is 11.6 Å². The third-order valence-corrected chi connectivity index (χ3v) is 2.35. The molecule has 0 saturated heterocycles. The molecule has 4 heteroatoms. The predicted octanol–water partition coefficient (Wildman–Crippen LogP) is 1.71. The SMILES string of the molecule is CCn1ncc(Cl)c1CCCNC. The monoisotopic (exact) mass is 201 g/mol. The molecule has 0 fully saturated rings. The number of nitrogens with one attached hydrogen (secondary N) is 1. The molecule has 74 valence electrons. The average Bonchev–Trinajstić information content (AvgIpc) is 2.48. The summed E-state index contributed by atoms with van der Waals surface area (Å²) in [6.45, 7) is 3.98. The molecule has 1 aromatic rings. The van der Waals surface area contributed by atoms with Gasteiger partial charge in [-0.15, -0.1) is 0 Å². The summed E-state index contributed by atoms with van der Waals surface area (Å²) in [5.41, 5.74) is 1.15. The van der Waals surface area contributed by atoms with E-state index in [1.54, 1.807) is 6.20 Å². The summed E-state index contributed by atoms with van der Waals surface area (Å²) in [6, 6.07) is 0. The Morgan fingerprint density at radius 3 is 3.00 bits per heavy atom. The first-order valence-electron chi connectivity index (χ1n) is 4.64. The lowest BCUT2D eigenvalue weighted by molar-refractivity contribution is 0.603. The molecule has 0 aliphatic heterocycles. The molecule has 0 unspecified atom stereocenters. The van der Waals surface area contributed by atoms with Gasteiger partial charge in [0.25, 0.3) is 0 Å². The van der Waals surface area contributed by atoms with Crippen LogP contribution in [0.3, 0.4) is 0 Å². The maximum Gasteiger partial charge on any atom is 0.0817 e. The first kappa shape index (κ1) is 10.5. The van der Waals surface area contributed by atoms with Crippen LogP contribution in [0.4, 0.5) is 0 Å². The maximum absolute atomic E-state index is 6.00. The summed E-state index contributed by atoms with van der Waals surface area (Å²) in [7, 11) is 1.96. The van der Waals surface area contributed by atoms with E-state index in [9.17, 15) is 0 Å². The highest BCUT2D eigenvalue weighted by molar-refractivity contribution is 6.31. The zero-order chi connectivity index (χ0) is 9.68. The Hall–Kier alpha value is -0.540. The smallest absolute Gasteiger partial charge is 0.0817 e. The number of aromatic nitrogens is 2. The van der Waals surface area contributed by atoms with E-state index >= 15 is 0 Å². The summed E-state index contributed by atoms with van der Waals surface area (Å²) in [5.74, 6) is 0. The molecule has 0 bridgehead atoms. The Bertz CT molecular complexity index is 257. The van der Waals surface area contributed by atoms with Crippen LogP contribution in [-0.4, -0.2) is 23.4 Å². The Kier molecular flexibility index (Phi) is 4.25. The molecule has 0 aliphatic carbocycles. The van der Waals surface area contributed by atoms with Gasteiger partial charge in [-0.3, -0.25) is 4.68 Å². The zero-order valence-corrected chi connectivity index (χ0v) is 8.93. The number of nitrogens with zero attached hydrogens (tertiary/aromatic N) is 2. The lowest BCUT2D eigenvalue weighted by Crippen LogP contribution is -2.10. The highest BCUT2D eigenvalue weighted by Crippen LogP contribution is 2.16. The molecular weight excluding hydrogens is 186 g/mol. The van der Waals surface area contributed by atoms with Gasteiger partial charge >= 0.3 is 0 Å². The lowest BCUT2D eigenvalue weighted by Gasteiger charge is -2.04. The minimum atomic E-state index is 0.790. The van der Waals surface area contributed by atoms with Crippen LogP contribution >= 0.6 is 11.6 Å². The number of halogens is 1. The van der Waals surface area contributed by atoms with Gasteiger partial charge in [-0.2, -0.15) is 5.10 Å². The highest BCUT2D eigenvalue weighted by atomic mass is 35.5. The van der Waals surface area contributed by atoms with Crippen LogP contribution in [0.1, 0.15) is 19.0 Å². The molecule has 13 heavy (non-hydrogen) atoms. The topological polar surface area (TPSA) is 29.9 Å². The largest absolute Gasteiger partial charge is 0.320 e. The van der Waals surface area contributed by atoms with Crippen molar-refractivity contribution >= 4 is 11.6 Å². The number of aryl methyl sites for hydroxylation is 1. The second kappa shape index (κ2) is 5.25. The molecule has 0 aromatic carbocycles. The van der Waals surface area contributed by atoms with Crippen LogP contribution in [0, 0.1) is 0 Å². The first-order chi connectivity index (χ1) is 6.29. The minimum absolute atomic E-state index is 0.790. The van der Waals surface area contributed by atoms with Crippen molar-refractivity contribution in [1.29, 1.82) is 0 Å². The van der Waals surface area contributed by atoms with Crippen LogP contribution in [0.15, 0.2) is 6.20 Å². The van der Waals surface area contributed by atoms with Crippen molar-refractivity contribution < 1.29 is 0 Å². The third kappa shape index (κ3) is 2.71. The van der Waals surface area contributed by atoms with Crippen LogP contribution in [0.5, 0.6) is 0 Å². The van der Waals surface area contributed by atoms with Crippen molar-refractivity contribution in [3.8, 4) is 0 Å². The van der Waals surface area contributed by atoms with Gasteiger partial charge in [-0.25, -0.2) is 0 Å².